The van der Waals surface area contributed by atoms with E-state index in [0.717, 1.165) is 18.4 Å². The van der Waals surface area contributed by atoms with Crippen LogP contribution in [0.15, 0.2) is 78.4 Å². The van der Waals surface area contributed by atoms with E-state index in [2.05, 4.69) is 16.0 Å². The predicted octanol–water partition coefficient (Wildman–Crippen LogP) is 7.48. The van der Waals surface area contributed by atoms with Gasteiger partial charge in [-0.3, -0.25) is 4.90 Å². The zero-order chi connectivity index (χ0) is 28.6. The minimum absolute atomic E-state index is 0.173. The summed E-state index contributed by atoms with van der Waals surface area (Å²) in [6.45, 7) is 4.39. The molecule has 0 saturated heterocycles. The third kappa shape index (κ3) is 6.58. The minimum atomic E-state index is -0.817. The largest absolute Gasteiger partial charge is 0.463 e. The third-order valence-corrected chi connectivity index (χ3v) is 6.91. The number of nitrogens with zero attached hydrogens (tertiary/aromatic N) is 1. The van der Waals surface area contributed by atoms with Crippen molar-refractivity contribution in [1.29, 1.82) is 0 Å². The summed E-state index contributed by atoms with van der Waals surface area (Å²) in [7, 11) is 0. The van der Waals surface area contributed by atoms with E-state index in [-0.39, 0.29) is 18.3 Å². The summed E-state index contributed by atoms with van der Waals surface area (Å²) in [4.78, 5) is 41.3. The Morgan fingerprint density at radius 1 is 0.950 bits per heavy atom. The molecule has 1 heterocycles. The van der Waals surface area contributed by atoms with E-state index in [1.807, 2.05) is 37.3 Å². The van der Waals surface area contributed by atoms with Crippen molar-refractivity contribution in [3.05, 3.63) is 99.5 Å². The number of amides is 4. The first-order valence-electron chi connectivity index (χ1n) is 13.0. The molecule has 0 aromatic heterocycles. The number of carbonyl (C=O) groups is 3. The van der Waals surface area contributed by atoms with E-state index in [0.29, 0.717) is 39.1 Å². The van der Waals surface area contributed by atoms with E-state index < -0.39 is 18.0 Å². The van der Waals surface area contributed by atoms with Crippen LogP contribution in [0.25, 0.3) is 5.70 Å². The number of carbonyl (C=O) groups excluding carboxylic acids is 3. The zero-order valence-electron chi connectivity index (χ0n) is 22.2. The molecule has 0 spiro atoms. The molecule has 3 aromatic carbocycles. The number of benzene rings is 3. The van der Waals surface area contributed by atoms with Crippen molar-refractivity contribution < 1.29 is 19.1 Å². The fraction of sp³-hybridized carbons (Fsp3) is 0.233. The lowest BCUT2D eigenvalue weighted by atomic mass is 9.91. The van der Waals surface area contributed by atoms with Crippen molar-refractivity contribution in [2.75, 3.05) is 23.8 Å². The number of esters is 1. The summed E-state index contributed by atoms with van der Waals surface area (Å²) >= 11 is 12.4. The van der Waals surface area contributed by atoms with Gasteiger partial charge in [-0.05, 0) is 48.7 Å². The minimum Gasteiger partial charge on any atom is -0.463 e. The zero-order valence-corrected chi connectivity index (χ0v) is 23.7. The lowest BCUT2D eigenvalue weighted by molar-refractivity contribution is -0.138. The molecular formula is C30H30Cl2N4O4. The van der Waals surface area contributed by atoms with Crippen molar-refractivity contribution in [3.63, 3.8) is 0 Å². The van der Waals surface area contributed by atoms with Crippen LogP contribution in [0.5, 0.6) is 0 Å². The molecular weight excluding hydrogens is 551 g/mol. The Labute approximate surface area is 243 Å². The topological polar surface area (TPSA) is 99.8 Å². The number of hydrogen-bond donors (Lipinski definition) is 3. The number of halogens is 2. The third-order valence-electron chi connectivity index (χ3n) is 6.28. The van der Waals surface area contributed by atoms with Crippen LogP contribution in [-0.2, 0) is 9.53 Å². The van der Waals surface area contributed by atoms with Gasteiger partial charge in [0.1, 0.15) is 0 Å². The van der Waals surface area contributed by atoms with Crippen molar-refractivity contribution in [2.24, 2.45) is 0 Å². The molecule has 1 aliphatic heterocycles. The Bertz CT molecular complexity index is 1410. The summed E-state index contributed by atoms with van der Waals surface area (Å²) in [5, 5.41) is 9.00. The molecule has 0 radical (unpaired) electrons. The molecule has 3 N–H and O–H groups in total. The van der Waals surface area contributed by atoms with Crippen LogP contribution in [0.4, 0.5) is 21.0 Å². The first-order valence-corrected chi connectivity index (χ1v) is 13.8. The molecule has 0 saturated carbocycles. The average molecular weight is 582 g/mol. The van der Waals surface area contributed by atoms with E-state index >= 15 is 0 Å². The maximum absolute atomic E-state index is 13.5. The normalized spacial score (nSPS) is 14.9. The number of para-hydroxylation sites is 1. The van der Waals surface area contributed by atoms with Gasteiger partial charge < -0.3 is 20.7 Å². The highest BCUT2D eigenvalue weighted by molar-refractivity contribution is 6.39. The number of ether oxygens (including phenoxy) is 1. The Balaban J connectivity index is 1.73. The van der Waals surface area contributed by atoms with Gasteiger partial charge in [0.15, 0.2) is 0 Å². The molecule has 1 unspecified atom stereocenters. The van der Waals surface area contributed by atoms with Gasteiger partial charge in [0.25, 0.3) is 0 Å². The lowest BCUT2D eigenvalue weighted by Crippen LogP contribution is -2.48. The number of hydrogen-bond acceptors (Lipinski definition) is 4. The molecule has 1 aliphatic rings. The van der Waals surface area contributed by atoms with Gasteiger partial charge in [-0.2, -0.15) is 0 Å². The van der Waals surface area contributed by atoms with Crippen molar-refractivity contribution in [3.8, 4) is 0 Å². The van der Waals surface area contributed by atoms with Crippen LogP contribution in [0.1, 0.15) is 43.9 Å². The summed E-state index contributed by atoms with van der Waals surface area (Å²) in [6.07, 6.45) is 1.63. The molecule has 10 heteroatoms. The van der Waals surface area contributed by atoms with Crippen molar-refractivity contribution >= 4 is 58.3 Å². The molecule has 208 valence electrons. The Kier molecular flexibility index (Phi) is 9.69. The van der Waals surface area contributed by atoms with Gasteiger partial charge in [0, 0.05) is 12.2 Å². The van der Waals surface area contributed by atoms with Gasteiger partial charge in [0.2, 0.25) is 0 Å². The highest BCUT2D eigenvalue weighted by Crippen LogP contribution is 2.37. The summed E-state index contributed by atoms with van der Waals surface area (Å²) in [5.41, 5.74) is 2.86. The summed E-state index contributed by atoms with van der Waals surface area (Å²) in [6, 6.07) is 19.4. The first-order chi connectivity index (χ1) is 19.3. The summed E-state index contributed by atoms with van der Waals surface area (Å²) in [5.74, 6) is -0.530. The van der Waals surface area contributed by atoms with Crippen LogP contribution in [0, 0.1) is 0 Å². The smallest absolute Gasteiger partial charge is 0.338 e. The molecule has 40 heavy (non-hydrogen) atoms. The summed E-state index contributed by atoms with van der Waals surface area (Å²) < 4.78 is 5.48. The highest BCUT2D eigenvalue weighted by atomic mass is 35.5. The Morgan fingerprint density at radius 2 is 1.65 bits per heavy atom. The van der Waals surface area contributed by atoms with E-state index in [1.165, 1.54) is 0 Å². The Morgan fingerprint density at radius 3 is 2.33 bits per heavy atom. The SMILES string of the molecule is CCCCN1C(=O)NC(c2cccc(NC(=O)Nc3c(Cl)cccc3Cl)c2)C(C(=O)OCC)=C1c1ccccc1. The fourth-order valence-electron chi connectivity index (χ4n) is 4.46. The second kappa shape index (κ2) is 13.4. The predicted molar refractivity (Wildman–Crippen MR) is 158 cm³/mol. The van der Waals surface area contributed by atoms with Crippen LogP contribution in [0.2, 0.25) is 10.0 Å². The average Bonchev–Trinajstić information content (AvgIpc) is 2.94. The van der Waals surface area contributed by atoms with Crippen LogP contribution >= 0.6 is 23.2 Å². The number of anilines is 2. The van der Waals surface area contributed by atoms with Gasteiger partial charge in [-0.25, -0.2) is 14.4 Å². The van der Waals surface area contributed by atoms with Gasteiger partial charge >= 0.3 is 18.0 Å². The number of unbranched alkanes of at least 4 members (excludes halogenated alkanes) is 1. The van der Waals surface area contributed by atoms with E-state index in [4.69, 9.17) is 27.9 Å². The van der Waals surface area contributed by atoms with Crippen LogP contribution in [-0.4, -0.2) is 36.1 Å². The van der Waals surface area contributed by atoms with Crippen molar-refractivity contribution in [2.45, 2.75) is 32.7 Å². The highest BCUT2D eigenvalue weighted by Gasteiger charge is 2.38. The molecule has 4 rings (SSSR count). The monoisotopic (exact) mass is 580 g/mol. The molecule has 8 nitrogen and oxygen atoms in total. The van der Waals surface area contributed by atoms with E-state index in [9.17, 15) is 14.4 Å². The number of urea groups is 2. The van der Waals surface area contributed by atoms with Crippen LogP contribution in [0.3, 0.4) is 0 Å². The maximum atomic E-state index is 13.5. The number of nitrogens with one attached hydrogen (secondary N) is 3. The quantitative estimate of drug-likeness (QED) is 0.228. The molecule has 0 fully saturated rings. The molecule has 3 aromatic rings. The first kappa shape index (κ1) is 29.0. The van der Waals surface area contributed by atoms with E-state index in [1.54, 1.807) is 54.3 Å². The lowest BCUT2D eigenvalue weighted by Gasteiger charge is -2.37. The second-order valence-electron chi connectivity index (χ2n) is 9.04. The molecule has 0 aliphatic carbocycles. The standard InChI is InChI=1S/C30H30Cl2N4O4/c1-3-5-17-36-27(19-11-7-6-8-12-19)24(28(37)40-4-2)25(35-30(36)39)20-13-9-14-21(18-20)33-29(38)34-26-22(31)15-10-16-23(26)32/h6-16,18,25H,3-5,17H2,1-2H3,(H,35,39)(H2,33,34,38). The molecule has 4 amide bonds. The Hall–Kier alpha value is -4.01. The maximum Gasteiger partial charge on any atom is 0.338 e. The van der Waals surface area contributed by atoms with Crippen LogP contribution < -0.4 is 16.0 Å². The fourth-order valence-corrected chi connectivity index (χ4v) is 4.95. The van der Waals surface area contributed by atoms with Crippen molar-refractivity contribution in [1.82, 2.24) is 10.2 Å². The van der Waals surface area contributed by atoms with Gasteiger partial charge in [0.05, 0.1) is 39.7 Å². The van der Waals surface area contributed by atoms with Gasteiger partial charge in [-0.1, -0.05) is 85.1 Å². The number of rotatable bonds is 9. The van der Waals surface area contributed by atoms with Gasteiger partial charge in [-0.15, -0.1) is 0 Å². The molecule has 0 bridgehead atoms. The second-order valence-corrected chi connectivity index (χ2v) is 9.85. The molecule has 1 atom stereocenters.